The zero-order valence-electron chi connectivity index (χ0n) is 13.3. The van der Waals surface area contributed by atoms with Crippen molar-refractivity contribution in [1.29, 1.82) is 0 Å². The summed E-state index contributed by atoms with van der Waals surface area (Å²) in [5, 5.41) is 0.565. The minimum Gasteiger partial charge on any atom is -0.371 e. The summed E-state index contributed by atoms with van der Waals surface area (Å²) in [6, 6.07) is 17.4. The molecular formula is C19H19N3O2. The molecule has 0 amide bonds. The van der Waals surface area contributed by atoms with Crippen molar-refractivity contribution < 1.29 is 0 Å². The van der Waals surface area contributed by atoms with E-state index in [1.165, 1.54) is 10.3 Å². The van der Waals surface area contributed by atoms with Crippen molar-refractivity contribution >= 4 is 16.6 Å². The first-order valence-electron chi connectivity index (χ1n) is 8.24. The molecule has 0 saturated carbocycles. The Balaban J connectivity index is 1.60. The van der Waals surface area contributed by atoms with Crippen LogP contribution >= 0.6 is 0 Å². The number of nitrogens with zero attached hydrogens (tertiary/aromatic N) is 2. The second-order valence-electron chi connectivity index (χ2n) is 6.33. The van der Waals surface area contributed by atoms with Crippen molar-refractivity contribution in [3.05, 3.63) is 75.4 Å². The fraction of sp³-hybridized carbons (Fsp3) is 0.263. The van der Waals surface area contributed by atoms with Crippen molar-refractivity contribution in [1.82, 2.24) is 9.55 Å². The Morgan fingerprint density at radius 1 is 1.00 bits per heavy atom. The maximum absolute atomic E-state index is 12.6. The van der Waals surface area contributed by atoms with E-state index >= 15 is 0 Å². The third-order valence-corrected chi connectivity index (χ3v) is 4.74. The lowest BCUT2D eigenvalue weighted by Gasteiger charge is -2.18. The predicted molar refractivity (Wildman–Crippen MR) is 95.6 cm³/mol. The Morgan fingerprint density at radius 2 is 1.75 bits per heavy atom. The van der Waals surface area contributed by atoms with Gasteiger partial charge in [-0.05, 0) is 36.6 Å². The molecule has 0 spiro atoms. The van der Waals surface area contributed by atoms with Crippen LogP contribution in [0.1, 0.15) is 6.42 Å². The van der Waals surface area contributed by atoms with Gasteiger partial charge < -0.3 is 9.88 Å². The van der Waals surface area contributed by atoms with Crippen LogP contribution in [-0.2, 0) is 6.54 Å². The van der Waals surface area contributed by atoms with Gasteiger partial charge in [0.2, 0.25) is 0 Å². The van der Waals surface area contributed by atoms with Crippen LogP contribution < -0.4 is 16.1 Å². The fourth-order valence-electron chi connectivity index (χ4n) is 3.48. The van der Waals surface area contributed by atoms with E-state index in [0.717, 1.165) is 19.5 Å². The molecule has 1 saturated heterocycles. The standard InChI is InChI=1S/C19H19N3O2/c23-18-16-8-4-5-9-17(16)20-19(24)22(18)13-14-10-11-21(12-14)15-6-2-1-3-7-15/h1-9,14H,10-13H2,(H,20,24). The van der Waals surface area contributed by atoms with Gasteiger partial charge in [0.05, 0.1) is 10.9 Å². The van der Waals surface area contributed by atoms with Gasteiger partial charge in [0.25, 0.3) is 5.56 Å². The Morgan fingerprint density at radius 3 is 2.58 bits per heavy atom. The Bertz CT molecular complexity index is 975. The molecular weight excluding hydrogens is 302 g/mol. The highest BCUT2D eigenvalue weighted by Gasteiger charge is 2.24. The van der Waals surface area contributed by atoms with Gasteiger partial charge in [-0.25, -0.2) is 4.79 Å². The molecule has 0 bridgehead atoms. The zero-order valence-corrected chi connectivity index (χ0v) is 13.3. The first kappa shape index (κ1) is 14.8. The molecule has 1 aliphatic heterocycles. The van der Waals surface area contributed by atoms with Crippen molar-refractivity contribution in [2.24, 2.45) is 5.92 Å². The molecule has 1 unspecified atom stereocenters. The summed E-state index contributed by atoms with van der Waals surface area (Å²) >= 11 is 0. The lowest BCUT2D eigenvalue weighted by molar-refractivity contribution is 0.464. The van der Waals surface area contributed by atoms with E-state index in [2.05, 4.69) is 22.0 Å². The third-order valence-electron chi connectivity index (χ3n) is 4.74. The van der Waals surface area contributed by atoms with Crippen LogP contribution in [0.5, 0.6) is 0 Å². The van der Waals surface area contributed by atoms with Gasteiger partial charge in [0.15, 0.2) is 0 Å². The van der Waals surface area contributed by atoms with Gasteiger partial charge in [0, 0.05) is 25.3 Å². The molecule has 5 heteroatoms. The van der Waals surface area contributed by atoms with Crippen LogP contribution in [0.15, 0.2) is 64.2 Å². The quantitative estimate of drug-likeness (QED) is 0.805. The molecule has 1 fully saturated rings. The number of H-pyrrole nitrogens is 1. The fourth-order valence-corrected chi connectivity index (χ4v) is 3.48. The number of hydrogen-bond donors (Lipinski definition) is 1. The van der Waals surface area contributed by atoms with Gasteiger partial charge >= 0.3 is 5.69 Å². The highest BCUT2D eigenvalue weighted by molar-refractivity contribution is 5.76. The molecule has 0 radical (unpaired) electrons. The lowest BCUT2D eigenvalue weighted by Crippen LogP contribution is -2.37. The summed E-state index contributed by atoms with van der Waals surface area (Å²) in [6.45, 7) is 2.28. The molecule has 122 valence electrons. The number of nitrogens with one attached hydrogen (secondary N) is 1. The number of aromatic nitrogens is 2. The minimum absolute atomic E-state index is 0.201. The Hall–Kier alpha value is -2.82. The molecule has 0 aliphatic carbocycles. The van der Waals surface area contributed by atoms with Gasteiger partial charge in [-0.2, -0.15) is 0 Å². The predicted octanol–water partition coefficient (Wildman–Crippen LogP) is 2.22. The van der Waals surface area contributed by atoms with Crippen LogP contribution in [0.25, 0.3) is 10.9 Å². The number of rotatable bonds is 3. The van der Waals surface area contributed by atoms with E-state index < -0.39 is 0 Å². The first-order valence-corrected chi connectivity index (χ1v) is 8.24. The summed E-state index contributed by atoms with van der Waals surface area (Å²) in [6.07, 6.45) is 0.980. The second-order valence-corrected chi connectivity index (χ2v) is 6.33. The van der Waals surface area contributed by atoms with Crippen LogP contribution in [0.2, 0.25) is 0 Å². The van der Waals surface area contributed by atoms with Gasteiger partial charge in [0.1, 0.15) is 0 Å². The van der Waals surface area contributed by atoms with Gasteiger partial charge in [-0.15, -0.1) is 0 Å². The number of anilines is 1. The monoisotopic (exact) mass is 321 g/mol. The van der Waals surface area contributed by atoms with Crippen molar-refractivity contribution in [2.45, 2.75) is 13.0 Å². The van der Waals surface area contributed by atoms with E-state index in [0.29, 0.717) is 23.4 Å². The van der Waals surface area contributed by atoms with Crippen molar-refractivity contribution in [3.8, 4) is 0 Å². The number of hydrogen-bond acceptors (Lipinski definition) is 3. The van der Waals surface area contributed by atoms with E-state index in [4.69, 9.17) is 0 Å². The number of aromatic amines is 1. The van der Waals surface area contributed by atoms with Crippen LogP contribution in [0.4, 0.5) is 5.69 Å². The average molecular weight is 321 g/mol. The van der Waals surface area contributed by atoms with Gasteiger partial charge in [-0.3, -0.25) is 9.36 Å². The summed E-state index contributed by atoms with van der Waals surface area (Å²) in [5.41, 5.74) is 1.27. The number of para-hydroxylation sites is 2. The zero-order chi connectivity index (χ0) is 16.5. The molecule has 1 N–H and O–H groups in total. The summed E-state index contributed by atoms with van der Waals surface area (Å²) < 4.78 is 1.35. The summed E-state index contributed by atoms with van der Waals surface area (Å²) in [5.74, 6) is 0.296. The molecule has 5 nitrogen and oxygen atoms in total. The van der Waals surface area contributed by atoms with Gasteiger partial charge in [-0.1, -0.05) is 30.3 Å². The molecule has 2 aromatic carbocycles. The summed E-state index contributed by atoms with van der Waals surface area (Å²) in [7, 11) is 0. The minimum atomic E-state index is -0.322. The average Bonchev–Trinajstić information content (AvgIpc) is 3.08. The van der Waals surface area contributed by atoms with Crippen LogP contribution in [-0.4, -0.2) is 22.6 Å². The smallest absolute Gasteiger partial charge is 0.328 e. The van der Waals surface area contributed by atoms with E-state index in [1.807, 2.05) is 30.3 Å². The van der Waals surface area contributed by atoms with E-state index in [9.17, 15) is 9.59 Å². The highest BCUT2D eigenvalue weighted by atomic mass is 16.2. The second kappa shape index (κ2) is 6.00. The lowest BCUT2D eigenvalue weighted by atomic mass is 10.1. The first-order chi connectivity index (χ1) is 11.7. The Labute approximate surface area is 139 Å². The number of fused-ring (bicyclic) bond motifs is 1. The maximum Gasteiger partial charge on any atom is 0.328 e. The van der Waals surface area contributed by atoms with Crippen LogP contribution in [0, 0.1) is 5.92 Å². The maximum atomic E-state index is 12.6. The summed E-state index contributed by atoms with van der Waals surface area (Å²) in [4.78, 5) is 30.0. The molecule has 3 aromatic rings. The van der Waals surface area contributed by atoms with E-state index in [-0.39, 0.29) is 11.2 Å². The SMILES string of the molecule is O=c1[nH]c2ccccc2c(=O)n1CC1CCN(c2ccccc2)C1. The molecule has 1 aliphatic rings. The molecule has 1 aromatic heterocycles. The molecule has 4 rings (SSSR count). The number of benzene rings is 2. The highest BCUT2D eigenvalue weighted by Crippen LogP contribution is 2.24. The molecule has 1 atom stereocenters. The van der Waals surface area contributed by atoms with Crippen LogP contribution in [0.3, 0.4) is 0 Å². The topological polar surface area (TPSA) is 58.1 Å². The van der Waals surface area contributed by atoms with Crippen molar-refractivity contribution in [3.63, 3.8) is 0 Å². The molecule has 24 heavy (non-hydrogen) atoms. The van der Waals surface area contributed by atoms with Crippen molar-refractivity contribution in [2.75, 3.05) is 18.0 Å². The molecule has 2 heterocycles. The van der Waals surface area contributed by atoms with E-state index in [1.54, 1.807) is 12.1 Å². The Kier molecular flexibility index (Phi) is 3.69. The third kappa shape index (κ3) is 2.62. The largest absolute Gasteiger partial charge is 0.371 e. The normalized spacial score (nSPS) is 17.5.